The summed E-state index contributed by atoms with van der Waals surface area (Å²) in [6, 6.07) is 11.4. The second-order valence-corrected chi connectivity index (χ2v) is 5.49. The molecule has 0 bridgehead atoms. The monoisotopic (exact) mass is 270 g/mol. The molecule has 0 radical (unpaired) electrons. The zero-order chi connectivity index (χ0) is 12.8. The third-order valence-electron chi connectivity index (χ3n) is 3.43. The Morgan fingerprint density at radius 1 is 1.21 bits per heavy atom. The van der Waals surface area contributed by atoms with E-state index in [1.165, 1.54) is 0 Å². The molecule has 5 heteroatoms. The van der Waals surface area contributed by atoms with Crippen LogP contribution in [0.1, 0.15) is 16.5 Å². The highest BCUT2D eigenvalue weighted by molar-refractivity contribution is 7.10. The zero-order valence-corrected chi connectivity index (χ0v) is 10.7. The van der Waals surface area contributed by atoms with E-state index in [-0.39, 0.29) is 17.9 Å². The van der Waals surface area contributed by atoms with E-state index in [0.717, 1.165) is 16.2 Å². The Kier molecular flexibility index (Phi) is 2.22. The Morgan fingerprint density at radius 2 is 2.11 bits per heavy atom. The second-order valence-electron chi connectivity index (χ2n) is 4.51. The molecule has 2 aliphatic rings. The summed E-state index contributed by atoms with van der Waals surface area (Å²) >= 11 is 1.62. The molecule has 4 rings (SSSR count). The molecule has 2 unspecified atom stereocenters. The fourth-order valence-corrected chi connectivity index (χ4v) is 3.36. The quantitative estimate of drug-likeness (QED) is 0.639. The number of nitrogens with zero attached hydrogens (tertiary/aromatic N) is 1. The van der Waals surface area contributed by atoms with E-state index in [4.69, 9.17) is 4.74 Å². The standard InChI is InChI=1S/C14H10N2O2S/c17-14-11-12(8-4-1-2-5-9(8)18-14)15-16-13(11)10-6-3-7-19-10/h1-7,11,13,16H. The number of ether oxygens (including phenoxy) is 1. The number of rotatable bonds is 1. The first-order valence-corrected chi connectivity index (χ1v) is 6.90. The fourth-order valence-electron chi connectivity index (χ4n) is 2.55. The highest BCUT2D eigenvalue weighted by Gasteiger charge is 2.44. The maximum atomic E-state index is 12.2. The number of nitrogens with one attached hydrogen (secondary N) is 1. The van der Waals surface area contributed by atoms with Crippen LogP contribution < -0.4 is 10.2 Å². The van der Waals surface area contributed by atoms with Gasteiger partial charge in [-0.25, -0.2) is 0 Å². The van der Waals surface area contributed by atoms with E-state index in [2.05, 4.69) is 10.5 Å². The van der Waals surface area contributed by atoms with Gasteiger partial charge in [0.15, 0.2) is 0 Å². The molecule has 0 saturated carbocycles. The fraction of sp³-hybridized carbons (Fsp3) is 0.143. The van der Waals surface area contributed by atoms with Gasteiger partial charge < -0.3 is 10.2 Å². The predicted molar refractivity (Wildman–Crippen MR) is 72.3 cm³/mol. The minimum Gasteiger partial charge on any atom is -0.425 e. The Hall–Kier alpha value is -2.14. The van der Waals surface area contributed by atoms with Crippen LogP contribution >= 0.6 is 11.3 Å². The summed E-state index contributed by atoms with van der Waals surface area (Å²) in [6.07, 6.45) is 0. The molecule has 2 aliphatic heterocycles. The number of carbonyl (C=O) groups excluding carboxylic acids is 1. The van der Waals surface area contributed by atoms with E-state index < -0.39 is 0 Å². The van der Waals surface area contributed by atoms with Gasteiger partial charge in [0.05, 0.1) is 11.8 Å². The van der Waals surface area contributed by atoms with Crippen molar-refractivity contribution in [3.63, 3.8) is 0 Å². The van der Waals surface area contributed by atoms with E-state index in [0.29, 0.717) is 5.75 Å². The lowest BCUT2D eigenvalue weighted by Gasteiger charge is -2.23. The van der Waals surface area contributed by atoms with Crippen LogP contribution in [0.15, 0.2) is 46.9 Å². The summed E-state index contributed by atoms with van der Waals surface area (Å²) in [6.45, 7) is 0. The molecular weight excluding hydrogens is 260 g/mol. The van der Waals surface area contributed by atoms with Gasteiger partial charge in [-0.3, -0.25) is 4.79 Å². The maximum Gasteiger partial charge on any atom is 0.323 e. The highest BCUT2D eigenvalue weighted by atomic mass is 32.1. The normalized spacial score (nSPS) is 24.0. The van der Waals surface area contributed by atoms with Gasteiger partial charge in [0.2, 0.25) is 0 Å². The summed E-state index contributed by atoms with van der Waals surface area (Å²) in [4.78, 5) is 13.3. The molecule has 1 N–H and O–H groups in total. The minimum absolute atomic E-state index is 0.115. The molecule has 2 aromatic rings. The predicted octanol–water partition coefficient (Wildman–Crippen LogP) is 2.33. The van der Waals surface area contributed by atoms with Gasteiger partial charge in [0, 0.05) is 10.4 Å². The van der Waals surface area contributed by atoms with Crippen LogP contribution in [0.25, 0.3) is 0 Å². The van der Waals surface area contributed by atoms with Crippen LogP contribution in [0.5, 0.6) is 5.75 Å². The molecule has 4 nitrogen and oxygen atoms in total. The number of para-hydroxylation sites is 1. The van der Waals surface area contributed by atoms with Crippen molar-refractivity contribution in [1.82, 2.24) is 5.43 Å². The van der Waals surface area contributed by atoms with Crippen molar-refractivity contribution in [2.75, 3.05) is 0 Å². The molecule has 0 saturated heterocycles. The molecule has 0 amide bonds. The van der Waals surface area contributed by atoms with Gasteiger partial charge in [0.25, 0.3) is 0 Å². The molecule has 94 valence electrons. The number of carbonyl (C=O) groups is 1. The van der Waals surface area contributed by atoms with Crippen LogP contribution in [-0.2, 0) is 4.79 Å². The SMILES string of the molecule is O=C1Oc2ccccc2C2=NNC(c3cccs3)C12. The lowest BCUT2D eigenvalue weighted by atomic mass is 9.88. The van der Waals surface area contributed by atoms with Crippen molar-refractivity contribution in [3.05, 3.63) is 52.2 Å². The first-order chi connectivity index (χ1) is 9.34. The Morgan fingerprint density at radius 3 is 2.95 bits per heavy atom. The topological polar surface area (TPSA) is 50.7 Å². The van der Waals surface area contributed by atoms with Crippen molar-refractivity contribution >= 4 is 23.0 Å². The van der Waals surface area contributed by atoms with Crippen LogP contribution in [0, 0.1) is 5.92 Å². The van der Waals surface area contributed by atoms with Crippen molar-refractivity contribution in [2.45, 2.75) is 6.04 Å². The van der Waals surface area contributed by atoms with Crippen LogP contribution in [0.2, 0.25) is 0 Å². The van der Waals surface area contributed by atoms with E-state index in [1.54, 1.807) is 17.4 Å². The van der Waals surface area contributed by atoms with E-state index in [9.17, 15) is 4.79 Å². The Balaban J connectivity index is 1.80. The van der Waals surface area contributed by atoms with Crippen molar-refractivity contribution in [2.24, 2.45) is 11.0 Å². The highest BCUT2D eigenvalue weighted by Crippen LogP contribution is 2.39. The molecule has 0 spiro atoms. The van der Waals surface area contributed by atoms with Gasteiger partial charge in [-0.05, 0) is 23.6 Å². The Labute approximate surface area is 113 Å². The lowest BCUT2D eigenvalue weighted by molar-refractivity contribution is -0.137. The second kappa shape index (κ2) is 3.93. The Bertz CT molecular complexity index is 679. The lowest BCUT2D eigenvalue weighted by Crippen LogP contribution is -2.36. The number of thiophene rings is 1. The molecule has 0 fully saturated rings. The molecular formula is C14H10N2O2S. The summed E-state index contributed by atoms with van der Waals surface area (Å²) in [7, 11) is 0. The summed E-state index contributed by atoms with van der Waals surface area (Å²) < 4.78 is 5.42. The minimum atomic E-state index is -0.353. The average Bonchev–Trinajstić information content (AvgIpc) is 3.08. The summed E-state index contributed by atoms with van der Waals surface area (Å²) in [5, 5.41) is 6.36. The molecule has 1 aromatic carbocycles. The molecule has 19 heavy (non-hydrogen) atoms. The number of fused-ring (bicyclic) bond motifs is 3. The van der Waals surface area contributed by atoms with E-state index in [1.807, 2.05) is 35.7 Å². The van der Waals surface area contributed by atoms with Gasteiger partial charge in [-0.15, -0.1) is 11.3 Å². The summed E-state index contributed by atoms with van der Waals surface area (Å²) in [5.74, 6) is 0.00512. The van der Waals surface area contributed by atoms with Gasteiger partial charge in [0.1, 0.15) is 11.7 Å². The number of benzene rings is 1. The average molecular weight is 270 g/mol. The van der Waals surface area contributed by atoms with Crippen LogP contribution in [-0.4, -0.2) is 11.7 Å². The molecule has 0 aliphatic carbocycles. The van der Waals surface area contributed by atoms with Crippen molar-refractivity contribution in [1.29, 1.82) is 0 Å². The van der Waals surface area contributed by atoms with Gasteiger partial charge in [-0.1, -0.05) is 18.2 Å². The number of hydrogen-bond acceptors (Lipinski definition) is 5. The van der Waals surface area contributed by atoms with Crippen molar-refractivity contribution in [3.8, 4) is 5.75 Å². The van der Waals surface area contributed by atoms with Crippen LogP contribution in [0.3, 0.4) is 0 Å². The number of hydrazone groups is 1. The zero-order valence-electron chi connectivity index (χ0n) is 9.87. The largest absolute Gasteiger partial charge is 0.425 e. The third kappa shape index (κ3) is 1.51. The van der Waals surface area contributed by atoms with Crippen LogP contribution in [0.4, 0.5) is 0 Å². The molecule has 3 heterocycles. The smallest absolute Gasteiger partial charge is 0.323 e. The van der Waals surface area contributed by atoms with Gasteiger partial charge in [-0.2, -0.15) is 5.10 Å². The first kappa shape index (κ1) is 10.8. The van der Waals surface area contributed by atoms with E-state index >= 15 is 0 Å². The number of esters is 1. The van der Waals surface area contributed by atoms with Gasteiger partial charge >= 0.3 is 5.97 Å². The first-order valence-electron chi connectivity index (χ1n) is 6.02. The molecule has 1 aromatic heterocycles. The molecule has 2 atom stereocenters. The third-order valence-corrected chi connectivity index (χ3v) is 4.38. The maximum absolute atomic E-state index is 12.2. The number of hydrogen-bond donors (Lipinski definition) is 1. The summed E-state index contributed by atoms with van der Waals surface area (Å²) in [5.41, 5.74) is 4.75. The van der Waals surface area contributed by atoms with Crippen molar-refractivity contribution < 1.29 is 9.53 Å².